The Bertz CT molecular complexity index is 499. The minimum Gasteiger partial charge on any atom is -0.361 e. The number of H-pyrrole nitrogens is 1. The van der Waals surface area contributed by atoms with Crippen LogP contribution < -0.4 is 5.73 Å². The number of aromatic amines is 1. The first-order chi connectivity index (χ1) is 7.22. The maximum atomic E-state index is 13.0. The van der Waals surface area contributed by atoms with Crippen molar-refractivity contribution in [1.82, 2.24) is 4.98 Å². The van der Waals surface area contributed by atoms with E-state index in [0.717, 1.165) is 22.9 Å². The molecule has 3 N–H and O–H groups in total. The molecule has 78 valence electrons. The molecule has 2 rings (SSSR count). The fourth-order valence-electron chi connectivity index (χ4n) is 1.71. The maximum absolute atomic E-state index is 13.0. The van der Waals surface area contributed by atoms with E-state index in [9.17, 15) is 4.39 Å². The van der Waals surface area contributed by atoms with Gasteiger partial charge in [-0.05, 0) is 36.7 Å². The summed E-state index contributed by atoms with van der Waals surface area (Å²) in [7, 11) is 0. The molecule has 0 saturated carbocycles. The second kappa shape index (κ2) is 3.87. The molecule has 0 aliphatic carbocycles. The summed E-state index contributed by atoms with van der Waals surface area (Å²) in [6, 6.07) is 5.38. The molecule has 0 atom stereocenters. The summed E-state index contributed by atoms with van der Waals surface area (Å²) < 4.78 is 13.0. The normalized spacial score (nSPS) is 10.8. The predicted molar refractivity (Wildman–Crippen MR) is 61.2 cm³/mol. The highest BCUT2D eigenvalue weighted by molar-refractivity contribution is 5.86. The van der Waals surface area contributed by atoms with Crippen LogP contribution in [-0.4, -0.2) is 11.5 Å². The quantitative estimate of drug-likeness (QED) is 0.792. The number of nitrogens with two attached hydrogens (primary N) is 1. The SMILES string of the molecule is C=C(F)c1ccc2[nH]cc(CCN)c2c1. The van der Waals surface area contributed by atoms with Gasteiger partial charge in [-0.25, -0.2) is 4.39 Å². The lowest BCUT2D eigenvalue weighted by molar-refractivity contribution is 0.763. The van der Waals surface area contributed by atoms with Crippen molar-refractivity contribution in [3.63, 3.8) is 0 Å². The number of halogens is 1. The van der Waals surface area contributed by atoms with Gasteiger partial charge in [0.25, 0.3) is 0 Å². The highest BCUT2D eigenvalue weighted by Crippen LogP contribution is 2.23. The number of rotatable bonds is 3. The van der Waals surface area contributed by atoms with Crippen molar-refractivity contribution < 1.29 is 4.39 Å². The lowest BCUT2D eigenvalue weighted by Gasteiger charge is -1.99. The summed E-state index contributed by atoms with van der Waals surface area (Å²) in [5, 5.41) is 1.02. The Morgan fingerprint density at radius 3 is 2.93 bits per heavy atom. The zero-order chi connectivity index (χ0) is 10.8. The maximum Gasteiger partial charge on any atom is 0.123 e. The minimum atomic E-state index is -0.406. The largest absolute Gasteiger partial charge is 0.361 e. The van der Waals surface area contributed by atoms with Crippen LogP contribution in [0.25, 0.3) is 16.7 Å². The number of hydrogen-bond donors (Lipinski definition) is 2. The van der Waals surface area contributed by atoms with Gasteiger partial charge in [0, 0.05) is 22.7 Å². The van der Waals surface area contributed by atoms with Crippen LogP contribution in [0.15, 0.2) is 31.0 Å². The molecule has 0 fully saturated rings. The molecule has 2 nitrogen and oxygen atoms in total. The topological polar surface area (TPSA) is 41.8 Å². The predicted octanol–water partition coefficient (Wildman–Crippen LogP) is 2.61. The Labute approximate surface area is 87.6 Å². The standard InChI is InChI=1S/C12H13FN2/c1-8(13)9-2-3-12-11(6-9)10(4-5-14)7-15-12/h2-3,6-7,15H,1,4-5,14H2. The fourth-order valence-corrected chi connectivity index (χ4v) is 1.71. The van der Waals surface area contributed by atoms with Gasteiger partial charge in [0.2, 0.25) is 0 Å². The zero-order valence-electron chi connectivity index (χ0n) is 8.39. The fraction of sp³-hybridized carbons (Fsp3) is 0.167. The molecule has 1 heterocycles. The van der Waals surface area contributed by atoms with Crippen molar-refractivity contribution >= 4 is 16.7 Å². The molecule has 1 aromatic carbocycles. The van der Waals surface area contributed by atoms with Crippen molar-refractivity contribution in [3.05, 3.63) is 42.1 Å². The monoisotopic (exact) mass is 204 g/mol. The van der Waals surface area contributed by atoms with E-state index in [4.69, 9.17) is 5.73 Å². The van der Waals surface area contributed by atoms with Gasteiger partial charge in [-0.15, -0.1) is 0 Å². The highest BCUT2D eigenvalue weighted by atomic mass is 19.1. The molecule has 0 amide bonds. The molecule has 0 radical (unpaired) electrons. The van der Waals surface area contributed by atoms with E-state index in [0.29, 0.717) is 12.1 Å². The van der Waals surface area contributed by atoms with Gasteiger partial charge in [0.05, 0.1) is 0 Å². The van der Waals surface area contributed by atoms with E-state index in [1.165, 1.54) is 0 Å². The summed E-state index contributed by atoms with van der Waals surface area (Å²) in [5.74, 6) is -0.406. The molecule has 0 unspecified atom stereocenters. The third kappa shape index (κ3) is 1.78. The molecule has 0 saturated heterocycles. The Morgan fingerprint density at radius 1 is 1.47 bits per heavy atom. The summed E-state index contributed by atoms with van der Waals surface area (Å²) in [6.07, 6.45) is 2.71. The van der Waals surface area contributed by atoms with Gasteiger partial charge in [0.1, 0.15) is 5.83 Å². The Morgan fingerprint density at radius 2 is 2.27 bits per heavy atom. The molecule has 0 spiro atoms. The van der Waals surface area contributed by atoms with E-state index >= 15 is 0 Å². The smallest absolute Gasteiger partial charge is 0.123 e. The van der Waals surface area contributed by atoms with Gasteiger partial charge in [-0.3, -0.25) is 0 Å². The molecule has 0 aliphatic heterocycles. The molecule has 2 aromatic rings. The average Bonchev–Trinajstić information content (AvgIpc) is 2.61. The minimum absolute atomic E-state index is 0.406. The van der Waals surface area contributed by atoms with Gasteiger partial charge in [0.15, 0.2) is 0 Å². The van der Waals surface area contributed by atoms with Crippen molar-refractivity contribution in [2.45, 2.75) is 6.42 Å². The van der Waals surface area contributed by atoms with Crippen molar-refractivity contribution in [3.8, 4) is 0 Å². The first kappa shape index (κ1) is 9.93. The van der Waals surface area contributed by atoms with E-state index in [-0.39, 0.29) is 0 Å². The molecule has 0 aliphatic rings. The van der Waals surface area contributed by atoms with Crippen LogP contribution in [0.5, 0.6) is 0 Å². The molecular formula is C12H13FN2. The Balaban J connectivity index is 2.56. The molecule has 0 bridgehead atoms. The number of aromatic nitrogens is 1. The number of benzene rings is 1. The van der Waals surface area contributed by atoms with E-state index in [1.807, 2.05) is 12.3 Å². The summed E-state index contributed by atoms with van der Waals surface area (Å²) in [4.78, 5) is 3.13. The Kier molecular flexibility index (Phi) is 2.56. The Hall–Kier alpha value is -1.61. The van der Waals surface area contributed by atoms with Crippen molar-refractivity contribution in [1.29, 1.82) is 0 Å². The lowest BCUT2D eigenvalue weighted by Crippen LogP contribution is -2.01. The van der Waals surface area contributed by atoms with Gasteiger partial charge >= 0.3 is 0 Å². The number of fused-ring (bicyclic) bond motifs is 1. The van der Waals surface area contributed by atoms with Crippen LogP contribution in [0.2, 0.25) is 0 Å². The second-order valence-electron chi connectivity index (χ2n) is 3.52. The summed E-state index contributed by atoms with van der Waals surface area (Å²) >= 11 is 0. The molecule has 3 heteroatoms. The second-order valence-corrected chi connectivity index (χ2v) is 3.52. The molecule has 1 aromatic heterocycles. The van der Waals surface area contributed by atoms with Crippen LogP contribution in [-0.2, 0) is 6.42 Å². The first-order valence-corrected chi connectivity index (χ1v) is 4.87. The van der Waals surface area contributed by atoms with Crippen LogP contribution >= 0.6 is 0 Å². The third-order valence-corrected chi connectivity index (χ3v) is 2.49. The van der Waals surface area contributed by atoms with E-state index < -0.39 is 5.83 Å². The highest BCUT2D eigenvalue weighted by Gasteiger charge is 2.05. The molecule has 15 heavy (non-hydrogen) atoms. The van der Waals surface area contributed by atoms with Crippen LogP contribution in [0.1, 0.15) is 11.1 Å². The number of nitrogens with one attached hydrogen (secondary N) is 1. The van der Waals surface area contributed by atoms with E-state index in [1.54, 1.807) is 12.1 Å². The van der Waals surface area contributed by atoms with Crippen molar-refractivity contribution in [2.75, 3.05) is 6.54 Å². The zero-order valence-corrected chi connectivity index (χ0v) is 8.39. The summed E-state index contributed by atoms with van der Waals surface area (Å²) in [5.41, 5.74) is 8.16. The third-order valence-electron chi connectivity index (χ3n) is 2.49. The summed E-state index contributed by atoms with van der Waals surface area (Å²) in [6.45, 7) is 3.88. The van der Waals surface area contributed by atoms with Crippen molar-refractivity contribution in [2.24, 2.45) is 5.73 Å². The van der Waals surface area contributed by atoms with Crippen LogP contribution in [0.4, 0.5) is 4.39 Å². The lowest BCUT2D eigenvalue weighted by atomic mass is 10.1. The van der Waals surface area contributed by atoms with E-state index in [2.05, 4.69) is 11.6 Å². The average molecular weight is 204 g/mol. The first-order valence-electron chi connectivity index (χ1n) is 4.87. The molecular weight excluding hydrogens is 191 g/mol. The van der Waals surface area contributed by atoms with Gasteiger partial charge in [-0.2, -0.15) is 0 Å². The number of hydrogen-bond acceptors (Lipinski definition) is 1. The van der Waals surface area contributed by atoms with Crippen LogP contribution in [0, 0.1) is 0 Å². The van der Waals surface area contributed by atoms with Crippen LogP contribution in [0.3, 0.4) is 0 Å². The van der Waals surface area contributed by atoms with Gasteiger partial charge < -0.3 is 10.7 Å². The van der Waals surface area contributed by atoms with Gasteiger partial charge in [-0.1, -0.05) is 6.58 Å².